The van der Waals surface area contributed by atoms with Crippen molar-refractivity contribution in [2.75, 3.05) is 30.8 Å². The molecule has 1 heterocycles. The lowest BCUT2D eigenvalue weighted by Gasteiger charge is -2.14. The van der Waals surface area contributed by atoms with Crippen LogP contribution in [0.1, 0.15) is 12.0 Å². The number of anilines is 2. The highest BCUT2D eigenvalue weighted by Gasteiger charge is 2.30. The minimum atomic E-state index is -4.36. The molecule has 0 aliphatic carbocycles. The molecule has 3 N–H and O–H groups in total. The van der Waals surface area contributed by atoms with Gasteiger partial charge in [0.05, 0.1) is 23.5 Å². The Kier molecular flexibility index (Phi) is 3.65. The van der Waals surface area contributed by atoms with Gasteiger partial charge in [0.15, 0.2) is 0 Å². The fourth-order valence-corrected chi connectivity index (χ4v) is 1.90. The number of hydrogen-bond donors (Lipinski definition) is 2. The predicted molar refractivity (Wildman–Crippen MR) is 63.3 cm³/mol. The third-order valence-corrected chi connectivity index (χ3v) is 2.98. The molecule has 0 radical (unpaired) electrons. The van der Waals surface area contributed by atoms with Gasteiger partial charge in [-0.25, -0.2) is 0 Å². The van der Waals surface area contributed by atoms with Crippen molar-refractivity contribution < 1.29 is 17.9 Å². The third-order valence-electron chi connectivity index (χ3n) is 2.98. The summed E-state index contributed by atoms with van der Waals surface area (Å²) in [6, 6.07) is 3.35. The Hall–Kier alpha value is -1.43. The van der Waals surface area contributed by atoms with Crippen molar-refractivity contribution in [3.05, 3.63) is 23.8 Å². The van der Waals surface area contributed by atoms with E-state index in [0.29, 0.717) is 24.8 Å². The van der Waals surface area contributed by atoms with Gasteiger partial charge >= 0.3 is 6.18 Å². The monoisotopic (exact) mass is 260 g/mol. The number of ether oxygens (including phenoxy) is 1. The van der Waals surface area contributed by atoms with Gasteiger partial charge in [0.1, 0.15) is 0 Å². The predicted octanol–water partition coefficient (Wildman–Crippen LogP) is 2.74. The van der Waals surface area contributed by atoms with Crippen LogP contribution in [0.25, 0.3) is 0 Å². The summed E-state index contributed by atoms with van der Waals surface area (Å²) >= 11 is 0. The van der Waals surface area contributed by atoms with Crippen LogP contribution in [-0.2, 0) is 10.9 Å². The number of halogens is 3. The molecule has 1 unspecified atom stereocenters. The second-order valence-corrected chi connectivity index (χ2v) is 4.41. The standard InChI is InChI=1S/C12H15F3N2O/c13-12(14,15)9-1-2-11(10(16)5-9)17-6-8-3-4-18-7-8/h1-2,5,8,17H,3-4,6-7,16H2. The number of hydrogen-bond acceptors (Lipinski definition) is 3. The normalized spacial score (nSPS) is 20.1. The molecule has 1 fully saturated rings. The van der Waals surface area contributed by atoms with Crippen molar-refractivity contribution in [1.29, 1.82) is 0 Å². The van der Waals surface area contributed by atoms with E-state index in [4.69, 9.17) is 10.5 Å². The van der Waals surface area contributed by atoms with Crippen molar-refractivity contribution in [3.63, 3.8) is 0 Å². The lowest BCUT2D eigenvalue weighted by molar-refractivity contribution is -0.137. The first-order valence-electron chi connectivity index (χ1n) is 5.75. The molecule has 1 aromatic rings. The Morgan fingerprint density at radius 3 is 2.72 bits per heavy atom. The van der Waals surface area contributed by atoms with Gasteiger partial charge in [-0.15, -0.1) is 0 Å². The first-order valence-corrected chi connectivity index (χ1v) is 5.75. The van der Waals surface area contributed by atoms with Gasteiger partial charge in [0, 0.05) is 19.1 Å². The van der Waals surface area contributed by atoms with Crippen molar-refractivity contribution >= 4 is 11.4 Å². The van der Waals surface area contributed by atoms with Gasteiger partial charge in [-0.3, -0.25) is 0 Å². The van der Waals surface area contributed by atoms with Crippen LogP contribution in [0.2, 0.25) is 0 Å². The van der Waals surface area contributed by atoms with Gasteiger partial charge in [-0.1, -0.05) is 0 Å². The largest absolute Gasteiger partial charge is 0.416 e. The molecule has 1 aromatic carbocycles. The van der Waals surface area contributed by atoms with Gasteiger partial charge in [-0.05, 0) is 24.6 Å². The Balaban J connectivity index is 2.01. The summed E-state index contributed by atoms with van der Waals surface area (Å²) in [7, 11) is 0. The van der Waals surface area contributed by atoms with Crippen LogP contribution in [0.3, 0.4) is 0 Å². The van der Waals surface area contributed by atoms with E-state index >= 15 is 0 Å². The van der Waals surface area contributed by atoms with E-state index in [1.54, 1.807) is 0 Å². The maximum Gasteiger partial charge on any atom is 0.416 e. The zero-order valence-corrected chi connectivity index (χ0v) is 9.76. The first kappa shape index (κ1) is 13.0. The fourth-order valence-electron chi connectivity index (χ4n) is 1.90. The smallest absolute Gasteiger partial charge is 0.397 e. The Morgan fingerprint density at radius 2 is 2.17 bits per heavy atom. The fraction of sp³-hybridized carbons (Fsp3) is 0.500. The molecule has 0 spiro atoms. The maximum absolute atomic E-state index is 12.4. The Morgan fingerprint density at radius 1 is 1.39 bits per heavy atom. The first-order chi connectivity index (χ1) is 8.47. The lowest BCUT2D eigenvalue weighted by atomic mass is 10.1. The zero-order chi connectivity index (χ0) is 13.2. The Bertz CT molecular complexity index is 414. The molecular weight excluding hydrogens is 245 g/mol. The quantitative estimate of drug-likeness (QED) is 0.821. The molecule has 0 saturated carbocycles. The molecule has 1 aliphatic heterocycles. The van der Waals surface area contributed by atoms with Crippen molar-refractivity contribution in [2.24, 2.45) is 5.92 Å². The van der Waals surface area contributed by atoms with Crippen molar-refractivity contribution in [2.45, 2.75) is 12.6 Å². The number of nitrogens with one attached hydrogen (secondary N) is 1. The summed E-state index contributed by atoms with van der Waals surface area (Å²) in [5.41, 5.74) is 5.53. The SMILES string of the molecule is Nc1cc(C(F)(F)F)ccc1NCC1CCOC1. The summed E-state index contributed by atoms with van der Waals surface area (Å²) in [6.45, 7) is 2.10. The minimum Gasteiger partial charge on any atom is -0.397 e. The highest BCUT2D eigenvalue weighted by atomic mass is 19.4. The van der Waals surface area contributed by atoms with Gasteiger partial charge in [0.25, 0.3) is 0 Å². The average Bonchev–Trinajstić information content (AvgIpc) is 2.79. The van der Waals surface area contributed by atoms with E-state index in [-0.39, 0.29) is 5.69 Å². The van der Waals surface area contributed by atoms with E-state index in [2.05, 4.69) is 5.32 Å². The Labute approximate surface area is 103 Å². The number of nitrogen functional groups attached to an aromatic ring is 1. The van der Waals surface area contributed by atoms with Crippen LogP contribution < -0.4 is 11.1 Å². The molecule has 3 nitrogen and oxygen atoms in total. The van der Waals surface area contributed by atoms with Gasteiger partial charge < -0.3 is 15.8 Å². The average molecular weight is 260 g/mol. The van der Waals surface area contributed by atoms with Crippen LogP contribution >= 0.6 is 0 Å². The summed E-state index contributed by atoms with van der Waals surface area (Å²) in [5, 5.41) is 3.06. The number of nitrogens with two attached hydrogens (primary N) is 1. The van der Waals surface area contributed by atoms with Gasteiger partial charge in [-0.2, -0.15) is 13.2 Å². The molecule has 0 aromatic heterocycles. The van der Waals surface area contributed by atoms with Crippen LogP contribution in [0.5, 0.6) is 0 Å². The molecule has 0 amide bonds. The summed E-state index contributed by atoms with van der Waals surface area (Å²) in [4.78, 5) is 0. The lowest BCUT2D eigenvalue weighted by Crippen LogP contribution is -2.15. The van der Waals surface area contributed by atoms with Crippen molar-refractivity contribution in [1.82, 2.24) is 0 Å². The summed E-state index contributed by atoms with van der Waals surface area (Å²) in [6.07, 6.45) is -3.39. The highest BCUT2D eigenvalue weighted by molar-refractivity contribution is 5.67. The summed E-state index contributed by atoms with van der Waals surface area (Å²) in [5.74, 6) is 0.395. The number of rotatable bonds is 3. The zero-order valence-electron chi connectivity index (χ0n) is 9.76. The van der Waals surface area contributed by atoms with Gasteiger partial charge in [0.2, 0.25) is 0 Å². The van der Waals surface area contributed by atoms with E-state index in [9.17, 15) is 13.2 Å². The third kappa shape index (κ3) is 3.07. The van der Waals surface area contributed by atoms with Crippen LogP contribution in [0.4, 0.5) is 24.5 Å². The molecule has 18 heavy (non-hydrogen) atoms. The maximum atomic E-state index is 12.4. The van der Waals surface area contributed by atoms with Crippen LogP contribution in [-0.4, -0.2) is 19.8 Å². The topological polar surface area (TPSA) is 47.3 Å². The highest BCUT2D eigenvalue weighted by Crippen LogP contribution is 2.32. The minimum absolute atomic E-state index is 0.115. The molecule has 1 saturated heterocycles. The van der Waals surface area contributed by atoms with E-state index in [1.165, 1.54) is 6.07 Å². The molecule has 6 heteroatoms. The van der Waals surface area contributed by atoms with Crippen LogP contribution in [0, 0.1) is 5.92 Å². The second kappa shape index (κ2) is 5.06. The molecule has 0 bridgehead atoms. The van der Waals surface area contributed by atoms with E-state index < -0.39 is 11.7 Å². The second-order valence-electron chi connectivity index (χ2n) is 4.41. The molecule has 1 atom stereocenters. The number of benzene rings is 1. The van der Waals surface area contributed by atoms with Crippen LogP contribution in [0.15, 0.2) is 18.2 Å². The molecule has 2 rings (SSSR count). The number of alkyl halides is 3. The summed E-state index contributed by atoms with van der Waals surface area (Å²) < 4.78 is 42.5. The molecular formula is C12H15F3N2O. The van der Waals surface area contributed by atoms with Crippen molar-refractivity contribution in [3.8, 4) is 0 Å². The van der Waals surface area contributed by atoms with E-state index in [1.807, 2.05) is 0 Å². The molecule has 100 valence electrons. The molecule has 1 aliphatic rings. The van der Waals surface area contributed by atoms with E-state index in [0.717, 1.165) is 25.2 Å².